The van der Waals surface area contributed by atoms with Crippen LogP contribution in [0.3, 0.4) is 0 Å². The summed E-state index contributed by atoms with van der Waals surface area (Å²) in [5, 5.41) is 17.2. The second-order valence-corrected chi connectivity index (χ2v) is 11.1. The third kappa shape index (κ3) is 3.59. The molecule has 3 unspecified atom stereocenters. The summed E-state index contributed by atoms with van der Waals surface area (Å²) in [6.45, 7) is 4.30. The molecule has 2 N–H and O–H groups in total. The van der Waals surface area contributed by atoms with E-state index in [9.17, 15) is 10.0 Å². The van der Waals surface area contributed by atoms with Crippen molar-refractivity contribution in [2.45, 2.75) is 64.7 Å². The zero-order valence-electron chi connectivity index (χ0n) is 18.3. The average Bonchev–Trinajstić information content (AvgIpc) is 3.31. The van der Waals surface area contributed by atoms with Crippen molar-refractivity contribution in [2.24, 2.45) is 28.3 Å². The fraction of sp³-hybridized carbons (Fsp3) is 0.560. The minimum absolute atomic E-state index is 0.0341. The van der Waals surface area contributed by atoms with Gasteiger partial charge >= 0.3 is 0 Å². The number of amides is 1. The highest BCUT2D eigenvalue weighted by molar-refractivity contribution is 7.15. The number of thiazole rings is 1. The molecule has 6 heteroatoms. The second kappa shape index (κ2) is 8.05. The van der Waals surface area contributed by atoms with E-state index < -0.39 is 0 Å². The van der Waals surface area contributed by atoms with Crippen molar-refractivity contribution < 1.29 is 10.0 Å². The van der Waals surface area contributed by atoms with Gasteiger partial charge in [-0.05, 0) is 80.2 Å². The van der Waals surface area contributed by atoms with E-state index >= 15 is 0 Å². The zero-order chi connectivity index (χ0) is 21.6. The zero-order valence-corrected chi connectivity index (χ0v) is 19.1. The Balaban J connectivity index is 1.35. The minimum atomic E-state index is -0.0459. The lowest BCUT2D eigenvalue weighted by Crippen LogP contribution is -2.44. The average molecular weight is 438 g/mol. The van der Waals surface area contributed by atoms with Crippen LogP contribution in [0.4, 0.5) is 5.13 Å². The van der Waals surface area contributed by atoms with Gasteiger partial charge < -0.3 is 10.5 Å². The van der Waals surface area contributed by atoms with Crippen LogP contribution in [0, 0.1) is 30.1 Å². The van der Waals surface area contributed by atoms with Crippen LogP contribution in [0.5, 0.6) is 0 Å². The SMILES string of the molecule is Cc1cnc(NC(=O)CC[C@@H]2CC(=NO)[C@@]3(C)CCC4c5ccccc5CCC4C23)s1. The summed E-state index contributed by atoms with van der Waals surface area (Å²) < 4.78 is 0. The number of hydrogen-bond donors (Lipinski definition) is 2. The molecule has 0 aliphatic heterocycles. The Labute approximate surface area is 188 Å². The Morgan fingerprint density at radius 2 is 2.19 bits per heavy atom. The van der Waals surface area contributed by atoms with Crippen LogP contribution in [-0.2, 0) is 11.2 Å². The highest BCUT2D eigenvalue weighted by Gasteiger charge is 2.57. The summed E-state index contributed by atoms with van der Waals surface area (Å²) in [5.74, 6) is 2.09. The molecule has 3 aliphatic rings. The Morgan fingerprint density at radius 1 is 1.35 bits per heavy atom. The third-order valence-electron chi connectivity index (χ3n) is 8.24. The fourth-order valence-corrected chi connectivity index (χ4v) is 7.61. The van der Waals surface area contributed by atoms with Crippen LogP contribution < -0.4 is 5.32 Å². The number of carbonyl (C=O) groups is 1. The molecule has 5 rings (SSSR count). The predicted octanol–water partition coefficient (Wildman–Crippen LogP) is 5.78. The number of aromatic nitrogens is 1. The smallest absolute Gasteiger partial charge is 0.226 e. The van der Waals surface area contributed by atoms with Gasteiger partial charge in [0.25, 0.3) is 0 Å². The molecular formula is C25H31N3O2S. The van der Waals surface area contributed by atoms with Gasteiger partial charge in [-0.2, -0.15) is 0 Å². The molecule has 1 heterocycles. The number of nitrogens with zero attached hydrogens (tertiary/aromatic N) is 2. The van der Waals surface area contributed by atoms with Gasteiger partial charge in [-0.15, -0.1) is 11.3 Å². The molecule has 3 aliphatic carbocycles. The largest absolute Gasteiger partial charge is 0.411 e. The molecule has 31 heavy (non-hydrogen) atoms. The summed E-state index contributed by atoms with van der Waals surface area (Å²) >= 11 is 1.51. The van der Waals surface area contributed by atoms with Gasteiger partial charge in [-0.3, -0.25) is 4.79 Å². The number of fused-ring (bicyclic) bond motifs is 5. The van der Waals surface area contributed by atoms with Crippen molar-refractivity contribution in [3.63, 3.8) is 0 Å². The van der Waals surface area contributed by atoms with Crippen molar-refractivity contribution >= 4 is 28.1 Å². The van der Waals surface area contributed by atoms with Crippen molar-refractivity contribution in [3.8, 4) is 0 Å². The molecule has 2 aromatic rings. The van der Waals surface area contributed by atoms with E-state index in [1.54, 1.807) is 6.20 Å². The molecule has 1 aromatic heterocycles. The number of aryl methyl sites for hydroxylation is 2. The van der Waals surface area contributed by atoms with Gasteiger partial charge in [0.1, 0.15) is 0 Å². The number of benzene rings is 1. The second-order valence-electron chi connectivity index (χ2n) is 9.86. The standard InChI is InChI=1S/C25H31N3O2S/c1-15-14-26-24(31-15)27-22(29)10-8-17-13-21(28-30)25(2)12-11-19-18-6-4-3-5-16(18)7-9-20(19)23(17)25/h3-6,14,17,19-20,23,30H,7-13H2,1-2H3,(H,26,27,29)/t17-,19?,20?,23?,25-/m1/s1. The van der Waals surface area contributed by atoms with Crippen LogP contribution in [0.25, 0.3) is 0 Å². The van der Waals surface area contributed by atoms with Crippen LogP contribution in [0.2, 0.25) is 0 Å². The van der Waals surface area contributed by atoms with E-state index in [0.29, 0.717) is 35.2 Å². The topological polar surface area (TPSA) is 74.6 Å². The first-order valence-electron chi connectivity index (χ1n) is 11.5. The highest BCUT2D eigenvalue weighted by Crippen LogP contribution is 2.62. The number of oxime groups is 1. The molecule has 1 aromatic carbocycles. The van der Waals surface area contributed by atoms with Crippen molar-refractivity contribution in [3.05, 3.63) is 46.5 Å². The fourth-order valence-electron chi connectivity index (χ4n) is 6.93. The van der Waals surface area contributed by atoms with Gasteiger partial charge in [0.05, 0.1) is 5.71 Å². The van der Waals surface area contributed by atoms with E-state index in [0.717, 1.165) is 42.7 Å². The maximum atomic E-state index is 12.6. The number of anilines is 1. The molecule has 0 spiro atoms. The summed E-state index contributed by atoms with van der Waals surface area (Å²) in [4.78, 5) is 17.9. The lowest BCUT2D eigenvalue weighted by molar-refractivity contribution is -0.116. The van der Waals surface area contributed by atoms with E-state index in [1.807, 2.05) is 6.92 Å². The molecule has 164 valence electrons. The molecule has 5 atom stereocenters. The Hall–Kier alpha value is -2.21. The van der Waals surface area contributed by atoms with Crippen molar-refractivity contribution in [1.82, 2.24) is 4.98 Å². The van der Waals surface area contributed by atoms with Gasteiger partial charge in [-0.1, -0.05) is 36.3 Å². The van der Waals surface area contributed by atoms with Gasteiger partial charge in [0.15, 0.2) is 5.13 Å². The first-order chi connectivity index (χ1) is 15.0. The number of rotatable bonds is 4. The van der Waals surface area contributed by atoms with Crippen molar-refractivity contribution in [1.29, 1.82) is 0 Å². The van der Waals surface area contributed by atoms with E-state index in [2.05, 4.69) is 46.6 Å². The summed E-state index contributed by atoms with van der Waals surface area (Å²) in [6.07, 6.45) is 8.47. The minimum Gasteiger partial charge on any atom is -0.411 e. The quantitative estimate of drug-likeness (QED) is 0.470. The Kier molecular flexibility index (Phi) is 5.37. The summed E-state index contributed by atoms with van der Waals surface area (Å²) in [5.41, 5.74) is 3.95. The first-order valence-corrected chi connectivity index (χ1v) is 12.3. The summed E-state index contributed by atoms with van der Waals surface area (Å²) in [7, 11) is 0. The normalized spacial score (nSPS) is 32.9. The maximum Gasteiger partial charge on any atom is 0.226 e. The Bertz CT molecular complexity index is 1020. The lowest BCUT2D eigenvalue weighted by Gasteiger charge is -2.50. The van der Waals surface area contributed by atoms with Gasteiger partial charge in [0, 0.05) is 22.9 Å². The molecule has 2 fully saturated rings. The highest BCUT2D eigenvalue weighted by atomic mass is 32.1. The molecule has 5 nitrogen and oxygen atoms in total. The monoisotopic (exact) mass is 437 g/mol. The molecule has 1 amide bonds. The number of carbonyl (C=O) groups excluding carboxylic acids is 1. The first kappa shape index (κ1) is 20.7. The van der Waals surface area contributed by atoms with Gasteiger partial charge in [0.2, 0.25) is 5.91 Å². The molecule has 0 bridgehead atoms. The molecular weight excluding hydrogens is 406 g/mol. The van der Waals surface area contributed by atoms with Crippen LogP contribution >= 0.6 is 11.3 Å². The van der Waals surface area contributed by atoms with E-state index in [-0.39, 0.29) is 11.3 Å². The third-order valence-corrected chi connectivity index (χ3v) is 9.07. The molecule has 2 saturated carbocycles. The van der Waals surface area contributed by atoms with E-state index in [1.165, 1.54) is 28.9 Å². The molecule has 0 radical (unpaired) electrons. The molecule has 0 saturated heterocycles. The maximum absolute atomic E-state index is 12.6. The summed E-state index contributed by atoms with van der Waals surface area (Å²) in [6, 6.07) is 8.94. The van der Waals surface area contributed by atoms with Crippen LogP contribution in [0.15, 0.2) is 35.6 Å². The van der Waals surface area contributed by atoms with Crippen LogP contribution in [-0.4, -0.2) is 21.8 Å². The van der Waals surface area contributed by atoms with E-state index in [4.69, 9.17) is 0 Å². The lowest BCUT2D eigenvalue weighted by atomic mass is 9.54. The van der Waals surface area contributed by atoms with Gasteiger partial charge in [-0.25, -0.2) is 4.98 Å². The van der Waals surface area contributed by atoms with Crippen LogP contribution in [0.1, 0.15) is 67.4 Å². The van der Waals surface area contributed by atoms with Crippen molar-refractivity contribution in [2.75, 3.05) is 5.32 Å². The predicted molar refractivity (Wildman–Crippen MR) is 124 cm³/mol. The number of nitrogens with one attached hydrogen (secondary N) is 1. The number of hydrogen-bond acceptors (Lipinski definition) is 5. The Morgan fingerprint density at radius 3 is 2.97 bits per heavy atom.